The van der Waals surface area contributed by atoms with E-state index >= 15 is 0 Å². The van der Waals surface area contributed by atoms with E-state index in [1.807, 2.05) is 38.6 Å². The minimum Gasteiger partial charge on any atom is -0.453 e. The summed E-state index contributed by atoms with van der Waals surface area (Å²) in [4.78, 5) is 0. The first-order chi connectivity index (χ1) is 9.38. The fraction of sp³-hybridized carbons (Fsp3) is 0.438. The lowest BCUT2D eigenvalue weighted by Gasteiger charge is -2.14. The Balaban J connectivity index is 2.37. The number of hydrogen-bond acceptors (Lipinski definition) is 3. The maximum atomic E-state index is 6.11. The predicted molar refractivity (Wildman–Crippen MR) is 81.3 cm³/mol. The summed E-state index contributed by atoms with van der Waals surface area (Å²) in [6, 6.07) is 6.31. The minimum absolute atomic E-state index is 0.107. The summed E-state index contributed by atoms with van der Waals surface area (Å²) in [7, 11) is 1.92. The van der Waals surface area contributed by atoms with Crippen LogP contribution >= 0.6 is 0 Å². The lowest BCUT2D eigenvalue weighted by Crippen LogP contribution is -2.18. The highest BCUT2D eigenvalue weighted by atomic mass is 16.5. The fourth-order valence-corrected chi connectivity index (χ4v) is 2.33. The van der Waals surface area contributed by atoms with Crippen LogP contribution in [0.25, 0.3) is 0 Å². The zero-order chi connectivity index (χ0) is 14.9. The van der Waals surface area contributed by atoms with E-state index in [1.54, 1.807) is 0 Å². The maximum Gasteiger partial charge on any atom is 0.171 e. The summed E-state index contributed by atoms with van der Waals surface area (Å²) in [5.41, 5.74) is 10.2. The van der Waals surface area contributed by atoms with Crippen molar-refractivity contribution in [2.45, 2.75) is 40.2 Å². The van der Waals surface area contributed by atoms with Crippen molar-refractivity contribution in [3.8, 4) is 11.5 Å². The van der Waals surface area contributed by atoms with Crippen molar-refractivity contribution >= 4 is 0 Å². The molecule has 0 amide bonds. The summed E-state index contributed by atoms with van der Waals surface area (Å²) in [6.07, 6.45) is 0.801. The van der Waals surface area contributed by atoms with Crippen molar-refractivity contribution in [2.75, 3.05) is 0 Å². The third-order valence-electron chi connectivity index (χ3n) is 3.41. The van der Waals surface area contributed by atoms with E-state index < -0.39 is 0 Å². The van der Waals surface area contributed by atoms with E-state index in [9.17, 15) is 0 Å². The normalized spacial score (nSPS) is 12.5. The number of benzene rings is 1. The van der Waals surface area contributed by atoms with Gasteiger partial charge in [-0.05, 0) is 45.7 Å². The molecule has 0 radical (unpaired) electrons. The Morgan fingerprint density at radius 1 is 1.30 bits per heavy atom. The number of hydrogen-bond donors (Lipinski definition) is 1. The molecule has 1 aromatic carbocycles. The highest BCUT2D eigenvalue weighted by Gasteiger charge is 2.14. The van der Waals surface area contributed by atoms with E-state index in [0.717, 1.165) is 34.9 Å². The number of aromatic nitrogens is 2. The predicted octanol–water partition coefficient (Wildman–Crippen LogP) is 3.03. The van der Waals surface area contributed by atoms with Gasteiger partial charge in [0.25, 0.3) is 0 Å². The van der Waals surface area contributed by atoms with Crippen molar-refractivity contribution in [1.29, 1.82) is 0 Å². The second kappa shape index (κ2) is 5.67. The molecular formula is C16H23N3O. The number of nitrogens with two attached hydrogens (primary N) is 1. The quantitative estimate of drug-likeness (QED) is 0.931. The van der Waals surface area contributed by atoms with Crippen LogP contribution in [0.4, 0.5) is 0 Å². The summed E-state index contributed by atoms with van der Waals surface area (Å²) >= 11 is 0. The van der Waals surface area contributed by atoms with Crippen LogP contribution in [-0.2, 0) is 13.5 Å². The molecule has 0 spiro atoms. The first-order valence-corrected chi connectivity index (χ1v) is 6.91. The second-order valence-electron chi connectivity index (χ2n) is 5.52. The first-order valence-electron chi connectivity index (χ1n) is 6.91. The minimum atomic E-state index is 0.107. The van der Waals surface area contributed by atoms with Gasteiger partial charge in [0.05, 0.1) is 5.69 Å². The first kappa shape index (κ1) is 14.6. The molecule has 1 unspecified atom stereocenters. The topological polar surface area (TPSA) is 53.1 Å². The van der Waals surface area contributed by atoms with Crippen molar-refractivity contribution < 1.29 is 4.74 Å². The zero-order valence-corrected chi connectivity index (χ0v) is 12.9. The van der Waals surface area contributed by atoms with Crippen molar-refractivity contribution in [2.24, 2.45) is 12.8 Å². The number of ether oxygens (including phenoxy) is 1. The van der Waals surface area contributed by atoms with Gasteiger partial charge >= 0.3 is 0 Å². The van der Waals surface area contributed by atoms with E-state index in [4.69, 9.17) is 10.5 Å². The molecule has 4 nitrogen and oxygen atoms in total. The lowest BCUT2D eigenvalue weighted by atomic mass is 10.0. The van der Waals surface area contributed by atoms with E-state index in [0.29, 0.717) is 0 Å². The van der Waals surface area contributed by atoms with Crippen LogP contribution in [0.5, 0.6) is 11.5 Å². The van der Waals surface area contributed by atoms with Crippen LogP contribution in [0.3, 0.4) is 0 Å². The number of aryl methyl sites for hydroxylation is 3. The molecule has 4 heteroatoms. The highest BCUT2D eigenvalue weighted by molar-refractivity contribution is 5.43. The monoisotopic (exact) mass is 273 g/mol. The van der Waals surface area contributed by atoms with Gasteiger partial charge in [0.1, 0.15) is 11.4 Å². The molecule has 2 aromatic rings. The molecule has 2 rings (SSSR count). The van der Waals surface area contributed by atoms with Gasteiger partial charge in [-0.2, -0.15) is 5.10 Å². The average Bonchev–Trinajstić information content (AvgIpc) is 2.58. The average molecular weight is 273 g/mol. The maximum absolute atomic E-state index is 6.11. The third-order valence-corrected chi connectivity index (χ3v) is 3.41. The molecule has 0 bridgehead atoms. The van der Waals surface area contributed by atoms with E-state index in [2.05, 4.69) is 24.2 Å². The molecule has 0 aliphatic rings. The van der Waals surface area contributed by atoms with Gasteiger partial charge in [0.15, 0.2) is 5.75 Å². The molecular weight excluding hydrogens is 250 g/mol. The summed E-state index contributed by atoms with van der Waals surface area (Å²) in [6.45, 7) is 8.05. The molecule has 1 heterocycles. The molecule has 2 N–H and O–H groups in total. The van der Waals surface area contributed by atoms with Crippen molar-refractivity contribution in [3.63, 3.8) is 0 Å². The standard InChI is InChI=1S/C16H23N3O/c1-10-6-7-15(14(8-10)9-11(2)17)20-16-12(3)18-19(5)13(16)4/h6-8,11H,9,17H2,1-5H3. The van der Waals surface area contributed by atoms with Gasteiger partial charge in [0.2, 0.25) is 0 Å². The Morgan fingerprint density at radius 2 is 2.00 bits per heavy atom. The van der Waals surface area contributed by atoms with Crippen LogP contribution in [-0.4, -0.2) is 15.8 Å². The van der Waals surface area contributed by atoms with Crippen molar-refractivity contribution in [1.82, 2.24) is 9.78 Å². The molecule has 20 heavy (non-hydrogen) atoms. The Kier molecular flexibility index (Phi) is 4.14. The fourth-order valence-electron chi connectivity index (χ4n) is 2.33. The molecule has 0 saturated heterocycles. The van der Waals surface area contributed by atoms with Crippen LogP contribution in [0.2, 0.25) is 0 Å². The van der Waals surface area contributed by atoms with Crippen LogP contribution in [0.1, 0.15) is 29.4 Å². The van der Waals surface area contributed by atoms with Crippen LogP contribution in [0.15, 0.2) is 18.2 Å². The zero-order valence-electron chi connectivity index (χ0n) is 12.9. The number of rotatable bonds is 4. The van der Waals surface area contributed by atoms with Crippen molar-refractivity contribution in [3.05, 3.63) is 40.7 Å². The largest absolute Gasteiger partial charge is 0.453 e. The summed E-state index contributed by atoms with van der Waals surface area (Å²) in [5.74, 6) is 1.70. The molecule has 0 aliphatic heterocycles. The Hall–Kier alpha value is -1.81. The summed E-state index contributed by atoms with van der Waals surface area (Å²) < 4.78 is 7.95. The molecule has 0 aliphatic carbocycles. The lowest BCUT2D eigenvalue weighted by molar-refractivity contribution is 0.465. The second-order valence-corrected chi connectivity index (χ2v) is 5.52. The molecule has 0 fully saturated rings. The van der Waals surface area contributed by atoms with Gasteiger partial charge in [-0.15, -0.1) is 0 Å². The van der Waals surface area contributed by atoms with E-state index in [1.165, 1.54) is 5.56 Å². The smallest absolute Gasteiger partial charge is 0.171 e. The highest BCUT2D eigenvalue weighted by Crippen LogP contribution is 2.31. The summed E-state index contributed by atoms with van der Waals surface area (Å²) in [5, 5.41) is 4.38. The van der Waals surface area contributed by atoms with Gasteiger partial charge in [0, 0.05) is 13.1 Å². The Morgan fingerprint density at radius 3 is 2.55 bits per heavy atom. The van der Waals surface area contributed by atoms with Crippen LogP contribution in [0, 0.1) is 20.8 Å². The molecule has 0 saturated carbocycles. The molecule has 108 valence electrons. The Bertz CT molecular complexity index is 614. The van der Waals surface area contributed by atoms with Gasteiger partial charge in [-0.3, -0.25) is 4.68 Å². The Labute approximate surface area is 120 Å². The number of nitrogens with zero attached hydrogens (tertiary/aromatic N) is 2. The van der Waals surface area contributed by atoms with Gasteiger partial charge in [-0.25, -0.2) is 0 Å². The SMILES string of the molecule is Cc1ccc(Oc2c(C)nn(C)c2C)c(CC(C)N)c1. The molecule has 1 aromatic heterocycles. The van der Waals surface area contributed by atoms with E-state index in [-0.39, 0.29) is 6.04 Å². The van der Waals surface area contributed by atoms with Gasteiger partial charge in [-0.1, -0.05) is 17.7 Å². The third kappa shape index (κ3) is 3.02. The van der Waals surface area contributed by atoms with Gasteiger partial charge < -0.3 is 10.5 Å². The van der Waals surface area contributed by atoms with Crippen LogP contribution < -0.4 is 10.5 Å². The molecule has 1 atom stereocenters.